The number of hydrogen-bond acceptors (Lipinski definition) is 1. The van der Waals surface area contributed by atoms with Crippen LogP contribution in [0.25, 0.3) is 5.69 Å². The van der Waals surface area contributed by atoms with Crippen LogP contribution in [-0.4, -0.2) is 9.55 Å². The zero-order chi connectivity index (χ0) is 14.1. The molecule has 0 aliphatic carbocycles. The lowest BCUT2D eigenvalue weighted by Gasteiger charge is -2.03. The second-order valence-corrected chi connectivity index (χ2v) is 3.38. The van der Waals surface area contributed by atoms with E-state index in [0.29, 0.717) is 5.69 Å². The second-order valence-electron chi connectivity index (χ2n) is 3.38. The average Bonchev–Trinajstić information content (AvgIpc) is 2.81. The molecule has 1 heterocycles. The van der Waals surface area contributed by atoms with E-state index in [0.717, 1.165) is 11.3 Å². The Bertz CT molecular complexity index is 461. The van der Waals surface area contributed by atoms with Gasteiger partial charge in [-0.1, -0.05) is 33.8 Å². The molecule has 0 fully saturated rings. The Morgan fingerprint density at radius 2 is 1.67 bits per heavy atom. The number of nitrogens with zero attached hydrogens (tertiary/aromatic N) is 2. The number of benzene rings is 1. The fourth-order valence-electron chi connectivity index (χ4n) is 1.37. The number of hydrogen-bond donors (Lipinski definition) is 0. The van der Waals surface area contributed by atoms with Gasteiger partial charge in [0.05, 0.1) is 17.7 Å². The summed E-state index contributed by atoms with van der Waals surface area (Å²) >= 11 is 0. The molecule has 0 atom stereocenters. The van der Waals surface area contributed by atoms with Crippen molar-refractivity contribution in [3.8, 4) is 5.69 Å². The van der Waals surface area contributed by atoms with E-state index in [1.165, 1.54) is 6.07 Å². The molecule has 0 radical (unpaired) electrons. The van der Waals surface area contributed by atoms with E-state index in [-0.39, 0.29) is 5.82 Å². The average molecular weight is 250 g/mol. The first kappa shape index (κ1) is 16.4. The molecule has 0 spiro atoms. The Labute approximate surface area is 109 Å². The van der Waals surface area contributed by atoms with Crippen molar-refractivity contribution in [1.29, 1.82) is 0 Å². The van der Waals surface area contributed by atoms with E-state index in [2.05, 4.69) is 4.98 Å². The molecule has 0 saturated heterocycles. The van der Waals surface area contributed by atoms with Crippen LogP contribution in [0.1, 0.15) is 39.0 Å². The second kappa shape index (κ2) is 8.45. The van der Waals surface area contributed by atoms with Crippen molar-refractivity contribution in [1.82, 2.24) is 9.55 Å². The fraction of sp³-hybridized carbons (Fsp3) is 0.400. The van der Waals surface area contributed by atoms with Crippen LogP contribution >= 0.6 is 0 Å². The normalized spacial score (nSPS) is 8.83. The Kier molecular flexibility index (Phi) is 7.68. The van der Waals surface area contributed by atoms with Gasteiger partial charge in [-0.15, -0.1) is 0 Å². The molecule has 100 valence electrons. The van der Waals surface area contributed by atoms with Crippen molar-refractivity contribution in [3.05, 3.63) is 47.8 Å². The maximum atomic E-state index is 13.5. The van der Waals surface area contributed by atoms with Crippen molar-refractivity contribution >= 4 is 0 Å². The van der Waals surface area contributed by atoms with Crippen LogP contribution < -0.4 is 0 Å². The predicted molar refractivity (Wildman–Crippen MR) is 75.7 cm³/mol. The van der Waals surface area contributed by atoms with Gasteiger partial charge in [-0.3, -0.25) is 0 Å². The monoisotopic (exact) mass is 250 g/mol. The number of rotatable bonds is 1. The zero-order valence-electron chi connectivity index (χ0n) is 12.2. The molecule has 0 bridgehead atoms. The van der Waals surface area contributed by atoms with Crippen LogP contribution in [0.4, 0.5) is 4.39 Å². The number of aryl methyl sites for hydroxylation is 2. The molecule has 0 aliphatic heterocycles. The lowest BCUT2D eigenvalue weighted by molar-refractivity contribution is 0.617. The van der Waals surface area contributed by atoms with Crippen LogP contribution in [0.15, 0.2) is 30.7 Å². The summed E-state index contributed by atoms with van der Waals surface area (Å²) in [6.07, 6.45) is 3.41. The van der Waals surface area contributed by atoms with Gasteiger partial charge in [0.1, 0.15) is 5.82 Å². The molecule has 1 aromatic heterocycles. The van der Waals surface area contributed by atoms with E-state index >= 15 is 0 Å². The Morgan fingerprint density at radius 3 is 2.11 bits per heavy atom. The van der Waals surface area contributed by atoms with Crippen molar-refractivity contribution in [3.63, 3.8) is 0 Å². The van der Waals surface area contributed by atoms with Crippen molar-refractivity contribution in [2.75, 3.05) is 0 Å². The standard InChI is InChI=1S/C11H11FN2.2C2H6/c1-8-3-4-11(10(12)5-8)14-6-9(2)13-7-14;2*1-2/h3-7H,1-2H3;2*1-2H3. The van der Waals surface area contributed by atoms with Gasteiger partial charge in [0.2, 0.25) is 0 Å². The van der Waals surface area contributed by atoms with Gasteiger partial charge < -0.3 is 4.57 Å². The van der Waals surface area contributed by atoms with Gasteiger partial charge in [0.15, 0.2) is 0 Å². The van der Waals surface area contributed by atoms with Crippen LogP contribution in [-0.2, 0) is 0 Å². The Morgan fingerprint density at radius 1 is 1.06 bits per heavy atom. The Balaban J connectivity index is 0.000000659. The number of halogens is 1. The van der Waals surface area contributed by atoms with Crippen LogP contribution in [0.3, 0.4) is 0 Å². The maximum Gasteiger partial charge on any atom is 0.147 e. The molecule has 2 rings (SSSR count). The molecular formula is C15H23FN2. The molecule has 0 amide bonds. The minimum absolute atomic E-state index is 0.220. The van der Waals surface area contributed by atoms with Crippen LogP contribution in [0.5, 0.6) is 0 Å². The van der Waals surface area contributed by atoms with Crippen molar-refractivity contribution in [2.45, 2.75) is 41.5 Å². The first-order valence-corrected chi connectivity index (χ1v) is 6.44. The minimum Gasteiger partial charge on any atom is -0.303 e. The van der Waals surface area contributed by atoms with Crippen LogP contribution in [0.2, 0.25) is 0 Å². The molecule has 0 unspecified atom stereocenters. The van der Waals surface area contributed by atoms with Gasteiger partial charge in [-0.25, -0.2) is 9.37 Å². The minimum atomic E-state index is -0.220. The molecule has 0 saturated carbocycles. The largest absolute Gasteiger partial charge is 0.303 e. The molecule has 1 aromatic carbocycles. The Hall–Kier alpha value is -1.64. The molecule has 2 aromatic rings. The highest BCUT2D eigenvalue weighted by molar-refractivity contribution is 5.36. The third kappa shape index (κ3) is 4.32. The molecule has 2 nitrogen and oxygen atoms in total. The van der Waals surface area contributed by atoms with E-state index in [1.54, 1.807) is 23.2 Å². The summed E-state index contributed by atoms with van der Waals surface area (Å²) in [7, 11) is 0. The predicted octanol–water partition coefficient (Wildman–Crippen LogP) is 4.68. The van der Waals surface area contributed by atoms with Gasteiger partial charge in [-0.2, -0.15) is 0 Å². The summed E-state index contributed by atoms with van der Waals surface area (Å²) in [6.45, 7) is 11.7. The van der Waals surface area contributed by atoms with Crippen molar-refractivity contribution in [2.24, 2.45) is 0 Å². The van der Waals surface area contributed by atoms with Crippen molar-refractivity contribution < 1.29 is 4.39 Å². The van der Waals surface area contributed by atoms with Gasteiger partial charge in [0, 0.05) is 6.20 Å². The zero-order valence-corrected chi connectivity index (χ0v) is 12.2. The summed E-state index contributed by atoms with van der Waals surface area (Å²) in [5.74, 6) is -0.220. The smallest absolute Gasteiger partial charge is 0.147 e. The third-order valence-electron chi connectivity index (χ3n) is 2.09. The molecule has 3 heteroatoms. The topological polar surface area (TPSA) is 17.8 Å². The highest BCUT2D eigenvalue weighted by Gasteiger charge is 2.04. The van der Waals surface area contributed by atoms with E-state index < -0.39 is 0 Å². The molecular weight excluding hydrogens is 227 g/mol. The number of aromatic nitrogens is 2. The highest BCUT2D eigenvalue weighted by Crippen LogP contribution is 2.14. The summed E-state index contributed by atoms with van der Waals surface area (Å²) in [5.41, 5.74) is 2.34. The quantitative estimate of drug-likeness (QED) is 0.718. The fourth-order valence-corrected chi connectivity index (χ4v) is 1.37. The van der Waals surface area contributed by atoms with E-state index in [4.69, 9.17) is 0 Å². The number of imidazole rings is 1. The first-order valence-electron chi connectivity index (χ1n) is 6.44. The lowest BCUT2D eigenvalue weighted by Crippen LogP contribution is -1.94. The summed E-state index contributed by atoms with van der Waals surface area (Å²) in [4.78, 5) is 4.05. The third-order valence-corrected chi connectivity index (χ3v) is 2.09. The van der Waals surface area contributed by atoms with Gasteiger partial charge in [0.25, 0.3) is 0 Å². The highest BCUT2D eigenvalue weighted by atomic mass is 19.1. The summed E-state index contributed by atoms with van der Waals surface area (Å²) < 4.78 is 15.2. The summed E-state index contributed by atoms with van der Waals surface area (Å²) in [6, 6.07) is 5.16. The van der Waals surface area contributed by atoms with E-state index in [1.807, 2.05) is 47.6 Å². The van der Waals surface area contributed by atoms with E-state index in [9.17, 15) is 4.39 Å². The SMILES string of the molecule is CC.CC.Cc1ccc(-n2cnc(C)c2)c(F)c1. The molecule has 18 heavy (non-hydrogen) atoms. The molecule has 0 N–H and O–H groups in total. The first-order chi connectivity index (χ1) is 8.66. The molecule has 0 aliphatic rings. The van der Waals surface area contributed by atoms with Crippen LogP contribution in [0, 0.1) is 19.7 Å². The van der Waals surface area contributed by atoms with Gasteiger partial charge in [-0.05, 0) is 31.5 Å². The lowest BCUT2D eigenvalue weighted by atomic mass is 10.2. The summed E-state index contributed by atoms with van der Waals surface area (Å²) in [5, 5.41) is 0. The van der Waals surface area contributed by atoms with Gasteiger partial charge >= 0.3 is 0 Å². The maximum absolute atomic E-state index is 13.5.